The molecule has 6 heteroatoms. The van der Waals surface area contributed by atoms with Gasteiger partial charge in [0.2, 0.25) is 11.8 Å². The molecular weight excluding hydrogens is 328 g/mol. The Kier molecular flexibility index (Phi) is 5.43. The summed E-state index contributed by atoms with van der Waals surface area (Å²) in [7, 11) is 0. The summed E-state index contributed by atoms with van der Waals surface area (Å²) >= 11 is 0. The lowest BCUT2D eigenvalue weighted by atomic mass is 10.1. The first kappa shape index (κ1) is 17.4. The van der Waals surface area contributed by atoms with Crippen molar-refractivity contribution in [3.05, 3.63) is 72.3 Å². The van der Waals surface area contributed by atoms with Gasteiger partial charge in [-0.05, 0) is 5.56 Å². The van der Waals surface area contributed by atoms with Crippen molar-refractivity contribution < 1.29 is 9.59 Å². The van der Waals surface area contributed by atoms with Gasteiger partial charge in [-0.3, -0.25) is 20.1 Å². The van der Waals surface area contributed by atoms with Crippen molar-refractivity contribution in [1.29, 1.82) is 0 Å². The van der Waals surface area contributed by atoms with Crippen molar-refractivity contribution in [3.63, 3.8) is 0 Å². The minimum Gasteiger partial charge on any atom is -0.273 e. The van der Waals surface area contributed by atoms with Gasteiger partial charge in [0, 0.05) is 18.1 Å². The monoisotopic (exact) mass is 348 g/mol. The Morgan fingerprint density at radius 3 is 2.35 bits per heavy atom. The summed E-state index contributed by atoms with van der Waals surface area (Å²) in [5, 5.41) is 8.30. The minimum atomic E-state index is -0.270. The van der Waals surface area contributed by atoms with Gasteiger partial charge >= 0.3 is 0 Å². The minimum absolute atomic E-state index is 0.189. The van der Waals surface area contributed by atoms with Crippen LogP contribution in [-0.2, 0) is 16.0 Å². The van der Waals surface area contributed by atoms with Gasteiger partial charge < -0.3 is 0 Å². The molecule has 0 spiro atoms. The second kappa shape index (κ2) is 8.11. The summed E-state index contributed by atoms with van der Waals surface area (Å²) in [5.74, 6) is -0.0688. The Bertz CT molecular complexity index is 875. The van der Waals surface area contributed by atoms with Crippen molar-refractivity contribution in [2.45, 2.75) is 19.8 Å². The van der Waals surface area contributed by atoms with E-state index in [9.17, 15) is 9.59 Å². The van der Waals surface area contributed by atoms with Crippen LogP contribution in [0.2, 0.25) is 0 Å². The SMILES string of the molecule is CCC(=O)N(NC(=O)Cc1ccccc1)c1cc(-c2ccccc2)n[nH]1. The van der Waals surface area contributed by atoms with Crippen LogP contribution in [0.4, 0.5) is 5.82 Å². The molecule has 1 aromatic heterocycles. The highest BCUT2D eigenvalue weighted by Crippen LogP contribution is 2.21. The largest absolute Gasteiger partial charge is 0.273 e. The first-order chi connectivity index (χ1) is 12.7. The average molecular weight is 348 g/mol. The molecule has 0 fully saturated rings. The molecule has 2 amide bonds. The molecule has 6 nitrogen and oxygen atoms in total. The zero-order valence-electron chi connectivity index (χ0n) is 14.5. The zero-order valence-corrected chi connectivity index (χ0v) is 14.5. The Morgan fingerprint density at radius 1 is 1.04 bits per heavy atom. The third-order valence-electron chi connectivity index (χ3n) is 3.87. The van der Waals surface area contributed by atoms with E-state index in [0.29, 0.717) is 11.5 Å². The molecular formula is C20H20N4O2. The summed E-state index contributed by atoms with van der Waals surface area (Å²) in [5.41, 5.74) is 5.18. The van der Waals surface area contributed by atoms with E-state index in [1.807, 2.05) is 60.7 Å². The summed E-state index contributed by atoms with van der Waals surface area (Å²) in [6, 6.07) is 20.7. The third kappa shape index (κ3) is 4.16. The maximum atomic E-state index is 12.4. The van der Waals surface area contributed by atoms with Crippen LogP contribution in [0.15, 0.2) is 66.7 Å². The molecule has 0 aliphatic rings. The third-order valence-corrected chi connectivity index (χ3v) is 3.87. The summed E-state index contributed by atoms with van der Waals surface area (Å²) < 4.78 is 0. The van der Waals surface area contributed by atoms with Gasteiger partial charge in [0.15, 0.2) is 5.82 Å². The van der Waals surface area contributed by atoms with E-state index in [2.05, 4.69) is 15.6 Å². The maximum Gasteiger partial charge on any atom is 0.246 e. The fraction of sp³-hybridized carbons (Fsp3) is 0.150. The van der Waals surface area contributed by atoms with Crippen LogP contribution in [0.25, 0.3) is 11.3 Å². The Morgan fingerprint density at radius 2 is 1.69 bits per heavy atom. The van der Waals surface area contributed by atoms with E-state index < -0.39 is 0 Å². The van der Waals surface area contributed by atoms with Crippen LogP contribution in [0.1, 0.15) is 18.9 Å². The molecule has 0 unspecified atom stereocenters. The van der Waals surface area contributed by atoms with Gasteiger partial charge in [-0.15, -0.1) is 0 Å². The molecule has 0 atom stereocenters. The second-order valence-corrected chi connectivity index (χ2v) is 5.78. The molecule has 3 aromatic rings. The molecule has 132 valence electrons. The van der Waals surface area contributed by atoms with E-state index in [-0.39, 0.29) is 24.7 Å². The molecule has 2 aromatic carbocycles. The number of carbonyl (C=O) groups is 2. The highest BCUT2D eigenvalue weighted by atomic mass is 16.2. The Hall–Kier alpha value is -3.41. The quantitative estimate of drug-likeness (QED) is 0.696. The van der Waals surface area contributed by atoms with Crippen LogP contribution in [0.3, 0.4) is 0 Å². The van der Waals surface area contributed by atoms with Gasteiger partial charge in [-0.25, -0.2) is 5.01 Å². The number of rotatable bonds is 5. The van der Waals surface area contributed by atoms with Crippen molar-refractivity contribution in [2.75, 3.05) is 5.01 Å². The van der Waals surface area contributed by atoms with Crippen molar-refractivity contribution in [3.8, 4) is 11.3 Å². The van der Waals surface area contributed by atoms with Crippen LogP contribution in [0.5, 0.6) is 0 Å². The number of hydrogen-bond donors (Lipinski definition) is 2. The molecule has 1 heterocycles. The molecule has 2 N–H and O–H groups in total. The molecule has 0 aliphatic carbocycles. The van der Waals surface area contributed by atoms with E-state index in [0.717, 1.165) is 11.1 Å². The number of H-pyrrole nitrogens is 1. The highest BCUT2D eigenvalue weighted by molar-refractivity contribution is 5.96. The Balaban J connectivity index is 1.77. The van der Waals surface area contributed by atoms with Crippen molar-refractivity contribution >= 4 is 17.6 Å². The summed E-state index contributed by atoms with van der Waals surface area (Å²) in [6.45, 7) is 1.74. The number of carbonyl (C=O) groups excluding carboxylic acids is 2. The number of hydrazine groups is 1. The standard InChI is InChI=1S/C20H20N4O2/c1-2-20(26)24(23-19(25)13-15-9-5-3-6-10-15)18-14-17(21-22-18)16-11-7-4-8-12-16/h3-12,14H,2,13H2,1H3,(H,21,22)(H,23,25). The van der Waals surface area contributed by atoms with Gasteiger partial charge in [0.05, 0.1) is 12.1 Å². The smallest absolute Gasteiger partial charge is 0.246 e. The number of anilines is 1. The topological polar surface area (TPSA) is 78.1 Å². The van der Waals surface area contributed by atoms with Crippen LogP contribution < -0.4 is 10.4 Å². The van der Waals surface area contributed by atoms with Crippen molar-refractivity contribution in [1.82, 2.24) is 15.6 Å². The van der Waals surface area contributed by atoms with Gasteiger partial charge in [0.1, 0.15) is 0 Å². The van der Waals surface area contributed by atoms with Crippen LogP contribution >= 0.6 is 0 Å². The lowest BCUT2D eigenvalue weighted by Gasteiger charge is -2.20. The lowest BCUT2D eigenvalue weighted by Crippen LogP contribution is -2.47. The Labute approximate surface area is 151 Å². The molecule has 0 radical (unpaired) electrons. The predicted octanol–water partition coefficient (Wildman–Crippen LogP) is 3.09. The van der Waals surface area contributed by atoms with Crippen LogP contribution in [0, 0.1) is 0 Å². The maximum absolute atomic E-state index is 12.4. The first-order valence-electron chi connectivity index (χ1n) is 8.44. The van der Waals surface area contributed by atoms with Crippen molar-refractivity contribution in [2.24, 2.45) is 0 Å². The number of benzene rings is 2. The fourth-order valence-corrected chi connectivity index (χ4v) is 2.54. The molecule has 0 saturated carbocycles. The number of nitrogens with zero attached hydrogens (tertiary/aromatic N) is 2. The zero-order chi connectivity index (χ0) is 18.4. The molecule has 26 heavy (non-hydrogen) atoms. The molecule has 3 rings (SSSR count). The van der Waals surface area contributed by atoms with E-state index >= 15 is 0 Å². The van der Waals surface area contributed by atoms with Gasteiger partial charge in [-0.2, -0.15) is 5.10 Å². The fourth-order valence-electron chi connectivity index (χ4n) is 2.54. The number of hydrogen-bond acceptors (Lipinski definition) is 3. The second-order valence-electron chi connectivity index (χ2n) is 5.78. The number of aromatic nitrogens is 2. The number of amides is 2. The number of nitrogens with one attached hydrogen (secondary N) is 2. The van der Waals surface area contributed by atoms with Crippen LogP contribution in [-0.4, -0.2) is 22.0 Å². The van der Waals surface area contributed by atoms with Gasteiger partial charge in [-0.1, -0.05) is 67.6 Å². The predicted molar refractivity (Wildman–Crippen MR) is 100 cm³/mol. The first-order valence-corrected chi connectivity index (χ1v) is 8.44. The molecule has 0 bridgehead atoms. The number of aromatic amines is 1. The van der Waals surface area contributed by atoms with Gasteiger partial charge in [0.25, 0.3) is 0 Å². The summed E-state index contributed by atoms with van der Waals surface area (Å²) in [6.07, 6.45) is 0.444. The van der Waals surface area contributed by atoms with E-state index in [4.69, 9.17) is 0 Å². The normalized spacial score (nSPS) is 10.3. The lowest BCUT2D eigenvalue weighted by molar-refractivity contribution is -0.125. The summed E-state index contributed by atoms with van der Waals surface area (Å²) in [4.78, 5) is 24.7. The highest BCUT2D eigenvalue weighted by Gasteiger charge is 2.19. The molecule has 0 aliphatic heterocycles. The van der Waals surface area contributed by atoms with E-state index in [1.54, 1.807) is 13.0 Å². The van der Waals surface area contributed by atoms with E-state index in [1.165, 1.54) is 5.01 Å². The molecule has 0 saturated heterocycles. The average Bonchev–Trinajstić information content (AvgIpc) is 3.17.